The SMILES string of the molecule is CC[C@H]1[C@@H](C)C/C=C/[C@](CN2CCN3CCOC[C@@H]3C2)(OC)[C@@H]2CC[C@H]2CN2C[C@@]3(CCCc4cc(Cl)ccc43)COc3ccc(cc32)C(=O)NS1(=O)=O. The van der Waals surface area contributed by atoms with E-state index < -0.39 is 26.8 Å². The number of nitrogens with zero attached hydrogens (tertiary/aromatic N) is 3. The Morgan fingerprint density at radius 1 is 1.09 bits per heavy atom. The Hall–Kier alpha value is -2.67. The average molecular weight is 781 g/mol. The Morgan fingerprint density at radius 2 is 1.96 bits per heavy atom. The van der Waals surface area contributed by atoms with Gasteiger partial charge in [-0.3, -0.25) is 14.6 Å². The zero-order valence-corrected chi connectivity index (χ0v) is 33.7. The quantitative estimate of drug-likeness (QED) is 0.394. The highest BCUT2D eigenvalue weighted by Gasteiger charge is 2.50. The topological polar surface area (TPSA) is 101 Å². The molecular formula is C42H57ClN4O6S. The first-order chi connectivity index (χ1) is 26.0. The number of carbonyl (C=O) groups is 1. The lowest BCUT2D eigenvalue weighted by molar-refractivity contribution is -0.108. The Balaban J connectivity index is 1.19. The van der Waals surface area contributed by atoms with E-state index in [2.05, 4.69) is 43.7 Å². The predicted octanol–water partition coefficient (Wildman–Crippen LogP) is 5.68. The second kappa shape index (κ2) is 15.3. The van der Waals surface area contributed by atoms with Gasteiger partial charge in [0.05, 0.1) is 30.8 Å². The molecule has 1 N–H and O–H groups in total. The zero-order chi connectivity index (χ0) is 37.7. The molecule has 1 spiro atoms. The maximum atomic E-state index is 13.9. The Labute approximate surface area is 326 Å². The number of benzene rings is 2. The molecule has 12 heteroatoms. The van der Waals surface area contributed by atoms with Gasteiger partial charge in [0, 0.05) is 75.0 Å². The number of aryl methyl sites for hydroxylation is 1. The van der Waals surface area contributed by atoms with Crippen molar-refractivity contribution in [3.63, 3.8) is 0 Å². The summed E-state index contributed by atoms with van der Waals surface area (Å²) in [4.78, 5) is 21.3. The van der Waals surface area contributed by atoms with Crippen LogP contribution in [0.25, 0.3) is 0 Å². The van der Waals surface area contributed by atoms with Crippen LogP contribution >= 0.6 is 11.6 Å². The number of ether oxygens (including phenoxy) is 3. The molecule has 3 fully saturated rings. The standard InChI is InChI=1S/C42H57ClN4O6S/c1-4-39-29(2)7-5-16-42(51-3,27-45-17-18-46-19-20-52-25-34(46)24-45)36-12-9-32(36)23-47-26-41(15-6-8-30-21-33(43)11-13-35(30)41)28-53-38-14-10-31(22-37(38)47)40(48)44-54(39,49)50/h5,10-11,13-14,16,21-22,29,32,34,36,39H,4,6-9,12,15,17-20,23-28H2,1-3H3,(H,44,48)/b16-5+/t29-,32-,34-,36+,39-,41-,42+/m0/s1. The van der Waals surface area contributed by atoms with Gasteiger partial charge in [0.2, 0.25) is 10.0 Å². The van der Waals surface area contributed by atoms with Crippen LogP contribution in [0.2, 0.25) is 5.02 Å². The summed E-state index contributed by atoms with van der Waals surface area (Å²) < 4.78 is 49.5. The lowest BCUT2D eigenvalue weighted by Crippen LogP contribution is -2.62. The highest BCUT2D eigenvalue weighted by atomic mass is 35.5. The molecule has 54 heavy (non-hydrogen) atoms. The molecule has 8 rings (SSSR count). The van der Waals surface area contributed by atoms with Crippen molar-refractivity contribution < 1.29 is 27.4 Å². The summed E-state index contributed by atoms with van der Waals surface area (Å²) in [5.41, 5.74) is 2.89. The molecule has 0 aromatic heterocycles. The van der Waals surface area contributed by atoms with Gasteiger partial charge in [0.1, 0.15) is 11.4 Å². The van der Waals surface area contributed by atoms with E-state index in [0.717, 1.165) is 108 Å². The molecule has 2 aromatic rings. The first kappa shape index (κ1) is 38.2. The molecule has 2 saturated heterocycles. The van der Waals surface area contributed by atoms with Crippen LogP contribution in [0.1, 0.15) is 73.9 Å². The minimum absolute atomic E-state index is 0.209. The number of fused-ring (bicyclic) bond motifs is 5. The summed E-state index contributed by atoms with van der Waals surface area (Å²) in [6, 6.07) is 12.1. The fraction of sp³-hybridized carbons (Fsp3) is 0.643. The largest absolute Gasteiger partial charge is 0.490 e. The van der Waals surface area contributed by atoms with E-state index in [0.29, 0.717) is 37.0 Å². The Bertz CT molecular complexity index is 1860. The minimum atomic E-state index is -3.97. The van der Waals surface area contributed by atoms with Gasteiger partial charge in [-0.1, -0.05) is 43.7 Å². The maximum absolute atomic E-state index is 13.9. The molecule has 6 aliphatic rings. The van der Waals surface area contributed by atoms with Crippen LogP contribution in [0.5, 0.6) is 5.75 Å². The molecule has 1 amide bonds. The van der Waals surface area contributed by atoms with E-state index in [-0.39, 0.29) is 17.3 Å². The molecule has 0 radical (unpaired) electrons. The number of rotatable bonds is 4. The number of allylic oxidation sites excluding steroid dienone is 1. The van der Waals surface area contributed by atoms with Crippen LogP contribution in [0, 0.1) is 17.8 Å². The highest BCUT2D eigenvalue weighted by Crippen LogP contribution is 2.49. The van der Waals surface area contributed by atoms with E-state index in [1.54, 1.807) is 6.07 Å². The van der Waals surface area contributed by atoms with Gasteiger partial charge in [-0.2, -0.15) is 0 Å². The van der Waals surface area contributed by atoms with Crippen molar-refractivity contribution in [2.45, 2.75) is 81.1 Å². The van der Waals surface area contributed by atoms with E-state index in [1.807, 2.05) is 39.2 Å². The third-order valence-electron chi connectivity index (χ3n) is 13.8. The first-order valence-corrected chi connectivity index (χ1v) is 22.1. The van der Waals surface area contributed by atoms with Crippen molar-refractivity contribution in [1.29, 1.82) is 0 Å². The number of amides is 1. The number of methoxy groups -OCH3 is 1. The van der Waals surface area contributed by atoms with Gasteiger partial charge >= 0.3 is 0 Å². The Kier molecular flexibility index (Phi) is 10.9. The number of morpholine rings is 1. The molecule has 294 valence electrons. The van der Waals surface area contributed by atoms with Gasteiger partial charge < -0.3 is 19.1 Å². The van der Waals surface area contributed by atoms with Crippen molar-refractivity contribution in [3.8, 4) is 5.75 Å². The van der Waals surface area contributed by atoms with Crippen LogP contribution in [0.4, 0.5) is 5.69 Å². The van der Waals surface area contributed by atoms with E-state index in [9.17, 15) is 13.2 Å². The lowest BCUT2D eigenvalue weighted by Gasteiger charge is -2.53. The van der Waals surface area contributed by atoms with Crippen molar-refractivity contribution >= 4 is 33.2 Å². The van der Waals surface area contributed by atoms with Crippen LogP contribution in [-0.4, -0.2) is 114 Å². The Morgan fingerprint density at radius 3 is 2.76 bits per heavy atom. The van der Waals surface area contributed by atoms with Gasteiger partial charge in [-0.15, -0.1) is 0 Å². The first-order valence-electron chi connectivity index (χ1n) is 20.2. The van der Waals surface area contributed by atoms with E-state index in [4.69, 9.17) is 25.8 Å². The summed E-state index contributed by atoms with van der Waals surface area (Å²) in [6.45, 7) is 12.1. The number of piperazine rings is 1. The normalized spacial score (nSPS) is 35.0. The second-order valence-electron chi connectivity index (χ2n) is 16.9. The van der Waals surface area contributed by atoms with Crippen molar-refractivity contribution in [1.82, 2.24) is 14.5 Å². The third kappa shape index (κ3) is 7.22. The molecule has 0 unspecified atom stereocenters. The van der Waals surface area contributed by atoms with Gasteiger partial charge in [-0.25, -0.2) is 13.1 Å². The smallest absolute Gasteiger partial charge is 0.264 e. The summed E-state index contributed by atoms with van der Waals surface area (Å²) in [7, 11) is -2.11. The summed E-state index contributed by atoms with van der Waals surface area (Å²) in [5.74, 6) is 0.484. The number of hydrogen-bond acceptors (Lipinski definition) is 9. The number of anilines is 1. The summed E-state index contributed by atoms with van der Waals surface area (Å²) in [6.07, 6.45) is 10.5. The van der Waals surface area contributed by atoms with Crippen molar-refractivity contribution in [2.75, 3.05) is 77.6 Å². The summed E-state index contributed by atoms with van der Waals surface area (Å²) in [5, 5.41) is 0.0184. The molecule has 4 heterocycles. The fourth-order valence-electron chi connectivity index (χ4n) is 10.7. The van der Waals surface area contributed by atoms with Gasteiger partial charge in [0.25, 0.3) is 5.91 Å². The van der Waals surface area contributed by atoms with Crippen LogP contribution in [0.3, 0.4) is 0 Å². The number of sulfonamides is 1. The molecule has 10 nitrogen and oxygen atoms in total. The molecule has 4 aliphatic heterocycles. The highest BCUT2D eigenvalue weighted by molar-refractivity contribution is 7.90. The summed E-state index contributed by atoms with van der Waals surface area (Å²) >= 11 is 6.52. The molecule has 2 aliphatic carbocycles. The molecule has 1 saturated carbocycles. The molecular weight excluding hydrogens is 724 g/mol. The fourth-order valence-corrected chi connectivity index (χ4v) is 12.6. The maximum Gasteiger partial charge on any atom is 0.264 e. The van der Waals surface area contributed by atoms with Crippen LogP contribution in [-0.2, 0) is 31.3 Å². The van der Waals surface area contributed by atoms with Crippen molar-refractivity contribution in [3.05, 3.63) is 70.3 Å². The third-order valence-corrected chi connectivity index (χ3v) is 16.1. The number of halogens is 1. The van der Waals surface area contributed by atoms with Gasteiger partial charge in [-0.05, 0) is 104 Å². The number of nitrogens with one attached hydrogen (secondary N) is 1. The molecule has 7 atom stereocenters. The average Bonchev–Trinajstić information content (AvgIpc) is 3.29. The van der Waals surface area contributed by atoms with E-state index >= 15 is 0 Å². The second-order valence-corrected chi connectivity index (χ2v) is 19.3. The minimum Gasteiger partial charge on any atom is -0.490 e. The monoisotopic (exact) mass is 780 g/mol. The van der Waals surface area contributed by atoms with E-state index in [1.165, 1.54) is 11.1 Å². The van der Waals surface area contributed by atoms with Crippen LogP contribution < -0.4 is 14.4 Å². The molecule has 2 aromatic carbocycles. The number of hydrogen-bond donors (Lipinski definition) is 1. The molecule has 2 bridgehead atoms. The predicted molar refractivity (Wildman–Crippen MR) is 212 cm³/mol. The zero-order valence-electron chi connectivity index (χ0n) is 32.1. The van der Waals surface area contributed by atoms with Crippen LogP contribution in [0.15, 0.2) is 48.6 Å². The van der Waals surface area contributed by atoms with Crippen molar-refractivity contribution in [2.24, 2.45) is 17.8 Å². The number of carbonyl (C=O) groups excluding carboxylic acids is 1. The lowest BCUT2D eigenvalue weighted by atomic mass is 9.63. The van der Waals surface area contributed by atoms with Gasteiger partial charge in [0.15, 0.2) is 0 Å².